The second-order valence-corrected chi connectivity index (χ2v) is 3.62. The molecule has 0 fully saturated rings. The molecule has 0 amide bonds. The molecule has 2 aromatic rings. The lowest BCUT2D eigenvalue weighted by atomic mass is 10.1. The summed E-state index contributed by atoms with van der Waals surface area (Å²) in [7, 11) is 0. The van der Waals surface area contributed by atoms with E-state index in [9.17, 15) is 4.79 Å². The molecule has 1 heterocycles. The second-order valence-electron chi connectivity index (χ2n) is 3.62. The van der Waals surface area contributed by atoms with E-state index in [0.29, 0.717) is 40.0 Å². The quantitative estimate of drug-likeness (QED) is 0.491. The summed E-state index contributed by atoms with van der Waals surface area (Å²) in [5.74, 6) is 0. The molecule has 0 unspecified atom stereocenters. The predicted molar refractivity (Wildman–Crippen MR) is 65.1 cm³/mol. The summed E-state index contributed by atoms with van der Waals surface area (Å²) in [6, 6.07) is 3.14. The summed E-state index contributed by atoms with van der Waals surface area (Å²) >= 11 is 0. The van der Waals surface area contributed by atoms with Crippen molar-refractivity contribution in [1.29, 1.82) is 0 Å². The molecule has 1 aromatic heterocycles. The molecule has 0 saturated heterocycles. The monoisotopic (exact) mass is 219 g/mol. The molecule has 0 atom stereocenters. The minimum absolute atomic E-state index is 0.331. The predicted octanol–water partition coefficient (Wildman–Crippen LogP) is 1.10. The largest absolute Gasteiger partial charge is 0.422 e. The van der Waals surface area contributed by atoms with Gasteiger partial charge in [-0.1, -0.05) is 6.92 Å². The van der Waals surface area contributed by atoms with Crippen molar-refractivity contribution in [3.05, 3.63) is 28.1 Å². The zero-order chi connectivity index (χ0) is 11.9. The van der Waals surface area contributed by atoms with Crippen molar-refractivity contribution in [3.8, 4) is 0 Å². The minimum Gasteiger partial charge on any atom is -0.422 e. The van der Waals surface area contributed by atoms with Gasteiger partial charge in [0.05, 0.1) is 16.6 Å². The number of hydrogen-bond acceptors (Lipinski definition) is 5. The summed E-state index contributed by atoms with van der Waals surface area (Å²) in [6.07, 6.45) is 0.508. The number of fused-ring (bicyclic) bond motifs is 1. The Kier molecular flexibility index (Phi) is 2.23. The molecule has 84 valence electrons. The van der Waals surface area contributed by atoms with Crippen LogP contribution in [-0.2, 0) is 6.42 Å². The number of rotatable bonds is 1. The maximum atomic E-state index is 11.6. The van der Waals surface area contributed by atoms with Crippen molar-refractivity contribution in [2.75, 3.05) is 17.2 Å². The maximum Gasteiger partial charge on any atom is 0.341 e. The number of nitrogens with two attached hydrogens (primary N) is 3. The third kappa shape index (κ3) is 1.37. The minimum atomic E-state index is -0.433. The fraction of sp³-hybridized carbons (Fsp3) is 0.182. The molecule has 2 rings (SSSR count). The van der Waals surface area contributed by atoms with Gasteiger partial charge < -0.3 is 21.6 Å². The van der Waals surface area contributed by atoms with E-state index in [0.717, 1.165) is 0 Å². The molecule has 0 spiro atoms. The van der Waals surface area contributed by atoms with E-state index in [2.05, 4.69) is 0 Å². The SMILES string of the molecule is CCc1c(N)c2c(N)cc(N)cc2oc1=O. The van der Waals surface area contributed by atoms with Crippen molar-refractivity contribution in [1.82, 2.24) is 0 Å². The van der Waals surface area contributed by atoms with Crippen LogP contribution in [0.1, 0.15) is 12.5 Å². The number of nitrogen functional groups attached to an aromatic ring is 3. The van der Waals surface area contributed by atoms with Crippen LogP contribution >= 0.6 is 0 Å². The van der Waals surface area contributed by atoms with Gasteiger partial charge in [0.15, 0.2) is 0 Å². The average Bonchev–Trinajstić information content (AvgIpc) is 2.15. The molecule has 0 aliphatic carbocycles. The molecule has 6 N–H and O–H groups in total. The van der Waals surface area contributed by atoms with E-state index in [1.54, 1.807) is 12.1 Å². The van der Waals surface area contributed by atoms with Gasteiger partial charge in [-0.05, 0) is 12.5 Å². The van der Waals surface area contributed by atoms with E-state index in [-0.39, 0.29) is 0 Å². The van der Waals surface area contributed by atoms with Crippen LogP contribution in [-0.4, -0.2) is 0 Å². The van der Waals surface area contributed by atoms with Crippen molar-refractivity contribution in [3.63, 3.8) is 0 Å². The van der Waals surface area contributed by atoms with Gasteiger partial charge in [-0.25, -0.2) is 4.79 Å². The van der Waals surface area contributed by atoms with Crippen molar-refractivity contribution in [2.24, 2.45) is 0 Å². The molecule has 1 aromatic carbocycles. The number of anilines is 3. The molecule has 0 aliphatic rings. The zero-order valence-electron chi connectivity index (χ0n) is 8.91. The van der Waals surface area contributed by atoms with Gasteiger partial charge in [0.2, 0.25) is 0 Å². The highest BCUT2D eigenvalue weighted by atomic mass is 16.4. The molecular weight excluding hydrogens is 206 g/mol. The van der Waals surface area contributed by atoms with Crippen LogP contribution in [0.25, 0.3) is 11.0 Å². The Morgan fingerprint density at radius 3 is 2.56 bits per heavy atom. The van der Waals surface area contributed by atoms with Crippen molar-refractivity contribution in [2.45, 2.75) is 13.3 Å². The van der Waals surface area contributed by atoms with E-state index >= 15 is 0 Å². The first-order valence-corrected chi connectivity index (χ1v) is 4.94. The van der Waals surface area contributed by atoms with E-state index in [4.69, 9.17) is 21.6 Å². The Morgan fingerprint density at radius 2 is 1.94 bits per heavy atom. The van der Waals surface area contributed by atoms with E-state index in [1.807, 2.05) is 6.92 Å². The fourth-order valence-electron chi connectivity index (χ4n) is 1.79. The lowest BCUT2D eigenvalue weighted by Gasteiger charge is -2.08. The van der Waals surface area contributed by atoms with Gasteiger partial charge >= 0.3 is 5.63 Å². The topological polar surface area (TPSA) is 108 Å². The van der Waals surface area contributed by atoms with Crippen molar-refractivity contribution >= 4 is 28.0 Å². The summed E-state index contributed by atoms with van der Waals surface area (Å²) in [4.78, 5) is 11.6. The highest BCUT2D eigenvalue weighted by Gasteiger charge is 2.13. The lowest BCUT2D eigenvalue weighted by Crippen LogP contribution is -2.11. The summed E-state index contributed by atoms with van der Waals surface area (Å²) in [5.41, 5.74) is 18.9. The molecule has 0 bridgehead atoms. The van der Waals surface area contributed by atoms with E-state index in [1.165, 1.54) is 0 Å². The maximum absolute atomic E-state index is 11.6. The van der Waals surface area contributed by atoms with Crippen LogP contribution in [0.4, 0.5) is 17.1 Å². The molecule has 5 nitrogen and oxygen atoms in total. The first-order chi connectivity index (χ1) is 7.54. The van der Waals surface area contributed by atoms with Crippen LogP contribution in [0.2, 0.25) is 0 Å². The van der Waals surface area contributed by atoms with Crippen LogP contribution < -0.4 is 22.8 Å². The first kappa shape index (κ1) is 10.4. The smallest absolute Gasteiger partial charge is 0.341 e. The van der Waals surface area contributed by atoms with Gasteiger partial charge in [-0.15, -0.1) is 0 Å². The standard InChI is InChI=1S/C11H13N3O2/c1-2-6-10(14)9-7(13)3-5(12)4-8(9)16-11(6)15/h3-4H,2,12-14H2,1H3. The summed E-state index contributed by atoms with van der Waals surface area (Å²) in [6.45, 7) is 1.84. The Bertz CT molecular complexity index is 617. The van der Waals surface area contributed by atoms with E-state index < -0.39 is 5.63 Å². The van der Waals surface area contributed by atoms with Crippen LogP contribution in [0.5, 0.6) is 0 Å². The molecule has 5 heteroatoms. The van der Waals surface area contributed by atoms with Gasteiger partial charge in [0.25, 0.3) is 0 Å². The van der Waals surface area contributed by atoms with Gasteiger partial charge in [0, 0.05) is 17.4 Å². The summed E-state index contributed by atoms with van der Waals surface area (Å²) < 4.78 is 5.13. The van der Waals surface area contributed by atoms with Crippen LogP contribution in [0.3, 0.4) is 0 Å². The second kappa shape index (κ2) is 3.44. The Hall–Kier alpha value is -2.17. The normalized spacial score (nSPS) is 10.8. The van der Waals surface area contributed by atoms with Crippen LogP contribution in [0.15, 0.2) is 21.3 Å². The zero-order valence-corrected chi connectivity index (χ0v) is 8.91. The van der Waals surface area contributed by atoms with Gasteiger partial charge in [0.1, 0.15) is 5.58 Å². The number of hydrogen-bond donors (Lipinski definition) is 3. The molecule has 0 saturated carbocycles. The molecule has 16 heavy (non-hydrogen) atoms. The highest BCUT2D eigenvalue weighted by Crippen LogP contribution is 2.30. The van der Waals surface area contributed by atoms with Gasteiger partial charge in [-0.2, -0.15) is 0 Å². The number of benzene rings is 1. The third-order valence-electron chi connectivity index (χ3n) is 2.55. The highest BCUT2D eigenvalue weighted by molar-refractivity contribution is 6.01. The van der Waals surface area contributed by atoms with Gasteiger partial charge in [-0.3, -0.25) is 0 Å². The third-order valence-corrected chi connectivity index (χ3v) is 2.55. The first-order valence-electron chi connectivity index (χ1n) is 4.94. The van der Waals surface area contributed by atoms with Crippen LogP contribution in [0, 0.1) is 0 Å². The summed E-state index contributed by atoms with van der Waals surface area (Å²) in [5, 5.41) is 0.561. The Balaban J connectivity index is 2.99. The molecule has 0 radical (unpaired) electrons. The Labute approximate surface area is 91.8 Å². The average molecular weight is 219 g/mol. The molecule has 0 aliphatic heterocycles. The van der Waals surface area contributed by atoms with Crippen molar-refractivity contribution < 1.29 is 4.42 Å². The molecular formula is C11H13N3O2. The lowest BCUT2D eigenvalue weighted by molar-refractivity contribution is 0.553. The fourth-order valence-corrected chi connectivity index (χ4v) is 1.79. The Morgan fingerprint density at radius 1 is 1.25 bits per heavy atom.